The molecule has 0 bridgehead atoms. The van der Waals surface area contributed by atoms with Crippen LogP contribution in [0.5, 0.6) is 0 Å². The molecule has 1 saturated carbocycles. The molecule has 104 valence electrons. The quantitative estimate of drug-likeness (QED) is 0.837. The minimum atomic E-state index is -0.0981. The first-order valence-electron chi connectivity index (χ1n) is 7.13. The van der Waals surface area contributed by atoms with Crippen LogP contribution in [0.1, 0.15) is 44.1 Å². The van der Waals surface area contributed by atoms with Crippen molar-refractivity contribution in [1.29, 1.82) is 0 Å². The highest BCUT2D eigenvalue weighted by Crippen LogP contribution is 2.26. The fourth-order valence-corrected chi connectivity index (χ4v) is 3.15. The second kappa shape index (κ2) is 6.95. The molecule has 1 aliphatic rings. The van der Waals surface area contributed by atoms with Gasteiger partial charge in [-0.15, -0.1) is 11.6 Å². The molecule has 1 aliphatic carbocycles. The number of alkyl halides is 1. The Hall–Kier alpha value is -1.02. The molecule has 0 saturated heterocycles. The van der Waals surface area contributed by atoms with Crippen molar-refractivity contribution in [2.24, 2.45) is 5.92 Å². The summed E-state index contributed by atoms with van der Waals surface area (Å²) in [7, 11) is 0. The molecule has 19 heavy (non-hydrogen) atoms. The van der Waals surface area contributed by atoms with E-state index in [0.29, 0.717) is 11.8 Å². The first-order chi connectivity index (χ1) is 9.22. The molecule has 0 radical (unpaired) electrons. The molecule has 1 amide bonds. The second-order valence-corrected chi connectivity index (χ2v) is 5.75. The van der Waals surface area contributed by atoms with E-state index in [9.17, 15) is 4.79 Å². The van der Waals surface area contributed by atoms with E-state index in [-0.39, 0.29) is 17.9 Å². The third-order valence-corrected chi connectivity index (χ3v) is 4.52. The summed E-state index contributed by atoms with van der Waals surface area (Å²) in [5, 5.41) is 3.19. The summed E-state index contributed by atoms with van der Waals surface area (Å²) in [5.74, 6) is 1.10. The van der Waals surface area contributed by atoms with E-state index in [1.54, 1.807) is 0 Å². The summed E-state index contributed by atoms with van der Waals surface area (Å²) in [6, 6.07) is 10.2. The van der Waals surface area contributed by atoms with Crippen LogP contribution in [0.25, 0.3) is 0 Å². The Morgan fingerprint density at radius 1 is 1.32 bits per heavy atom. The third kappa shape index (κ3) is 3.73. The van der Waals surface area contributed by atoms with E-state index in [0.717, 1.165) is 18.4 Å². The molecule has 2 nitrogen and oxygen atoms in total. The molecule has 3 heteroatoms. The van der Waals surface area contributed by atoms with E-state index >= 15 is 0 Å². The van der Waals surface area contributed by atoms with Gasteiger partial charge in [0.05, 0.1) is 5.92 Å². The van der Waals surface area contributed by atoms with Gasteiger partial charge < -0.3 is 5.32 Å². The zero-order chi connectivity index (χ0) is 13.7. The molecule has 3 unspecified atom stereocenters. The lowest BCUT2D eigenvalue weighted by molar-refractivity contribution is -0.123. The summed E-state index contributed by atoms with van der Waals surface area (Å²) >= 11 is 6.00. The maximum absolute atomic E-state index is 12.3. The van der Waals surface area contributed by atoms with Crippen LogP contribution < -0.4 is 5.32 Å². The van der Waals surface area contributed by atoms with Gasteiger partial charge in [0.15, 0.2) is 0 Å². The topological polar surface area (TPSA) is 29.1 Å². The van der Waals surface area contributed by atoms with Gasteiger partial charge in [0, 0.05) is 11.9 Å². The maximum Gasteiger partial charge on any atom is 0.227 e. The van der Waals surface area contributed by atoms with Crippen molar-refractivity contribution in [1.82, 2.24) is 5.32 Å². The monoisotopic (exact) mass is 279 g/mol. The molecule has 1 N–H and O–H groups in total. The van der Waals surface area contributed by atoms with Crippen molar-refractivity contribution in [3.63, 3.8) is 0 Å². The highest BCUT2D eigenvalue weighted by atomic mass is 35.5. The van der Waals surface area contributed by atoms with Crippen LogP contribution in [0.3, 0.4) is 0 Å². The Balaban J connectivity index is 1.96. The number of carbonyl (C=O) groups is 1. The molecule has 0 spiro atoms. The van der Waals surface area contributed by atoms with Crippen molar-refractivity contribution >= 4 is 17.5 Å². The number of hydrogen-bond acceptors (Lipinski definition) is 1. The molecular weight excluding hydrogens is 258 g/mol. The molecule has 0 heterocycles. The number of halogens is 1. The Kier molecular flexibility index (Phi) is 5.26. The Labute approximate surface area is 120 Å². The van der Waals surface area contributed by atoms with Crippen LogP contribution in [0.4, 0.5) is 0 Å². The van der Waals surface area contributed by atoms with Gasteiger partial charge in [0.1, 0.15) is 0 Å². The summed E-state index contributed by atoms with van der Waals surface area (Å²) in [6.45, 7) is 1.96. The molecule has 0 aliphatic heterocycles. The van der Waals surface area contributed by atoms with Gasteiger partial charge in [-0.3, -0.25) is 4.79 Å². The molecule has 1 aromatic rings. The number of rotatable bonds is 4. The van der Waals surface area contributed by atoms with Crippen LogP contribution in [0.15, 0.2) is 30.3 Å². The number of amides is 1. The van der Waals surface area contributed by atoms with Gasteiger partial charge in [-0.2, -0.15) is 0 Å². The average molecular weight is 280 g/mol. The van der Waals surface area contributed by atoms with E-state index in [1.165, 1.54) is 12.8 Å². The van der Waals surface area contributed by atoms with E-state index in [2.05, 4.69) is 5.32 Å². The van der Waals surface area contributed by atoms with E-state index in [1.807, 2.05) is 37.3 Å². The van der Waals surface area contributed by atoms with Crippen LogP contribution in [-0.2, 0) is 4.79 Å². The largest absolute Gasteiger partial charge is 0.353 e. The lowest BCUT2D eigenvalue weighted by Crippen LogP contribution is -2.44. The molecule has 1 fully saturated rings. The summed E-state index contributed by atoms with van der Waals surface area (Å²) < 4.78 is 0. The average Bonchev–Trinajstić information content (AvgIpc) is 2.48. The molecule has 2 rings (SSSR count). The van der Waals surface area contributed by atoms with Gasteiger partial charge >= 0.3 is 0 Å². The van der Waals surface area contributed by atoms with Crippen LogP contribution >= 0.6 is 11.6 Å². The summed E-state index contributed by atoms with van der Waals surface area (Å²) in [5.41, 5.74) is 1.07. The predicted octanol–water partition coefficient (Wildman–Crippen LogP) is 3.70. The molecule has 1 aromatic carbocycles. The van der Waals surface area contributed by atoms with Crippen molar-refractivity contribution in [2.45, 2.75) is 44.6 Å². The van der Waals surface area contributed by atoms with Crippen molar-refractivity contribution < 1.29 is 4.79 Å². The fraction of sp³-hybridized carbons (Fsp3) is 0.562. The number of hydrogen-bond donors (Lipinski definition) is 1. The first kappa shape index (κ1) is 14.4. The molecule has 0 aromatic heterocycles. The van der Waals surface area contributed by atoms with Gasteiger partial charge in [-0.25, -0.2) is 0 Å². The highest BCUT2D eigenvalue weighted by molar-refractivity contribution is 6.18. The normalized spacial score (nSPS) is 24.7. The van der Waals surface area contributed by atoms with Gasteiger partial charge in [0.25, 0.3) is 0 Å². The van der Waals surface area contributed by atoms with Crippen molar-refractivity contribution in [2.75, 3.05) is 5.88 Å². The minimum absolute atomic E-state index is 0.0981. The summed E-state index contributed by atoms with van der Waals surface area (Å²) in [6.07, 6.45) is 4.62. The third-order valence-electron chi connectivity index (χ3n) is 4.13. The van der Waals surface area contributed by atoms with E-state index < -0.39 is 0 Å². The second-order valence-electron chi connectivity index (χ2n) is 5.45. The maximum atomic E-state index is 12.3. The number of carbonyl (C=O) groups excluding carboxylic acids is 1. The fourth-order valence-electron chi connectivity index (χ4n) is 2.78. The standard InChI is InChI=1S/C16H22ClNO/c1-12(13-7-3-2-4-8-13)16(19)18-15-10-6-5-9-14(15)11-17/h2-4,7-8,12,14-15H,5-6,9-11H2,1H3,(H,18,19). The molecular formula is C16H22ClNO. The molecule has 3 atom stereocenters. The first-order valence-corrected chi connectivity index (χ1v) is 7.67. The van der Waals surface area contributed by atoms with Gasteiger partial charge in [-0.05, 0) is 31.2 Å². The van der Waals surface area contributed by atoms with Crippen LogP contribution in [0, 0.1) is 5.92 Å². The van der Waals surface area contributed by atoms with E-state index in [4.69, 9.17) is 11.6 Å². The lowest BCUT2D eigenvalue weighted by atomic mass is 9.85. The van der Waals surface area contributed by atoms with Crippen molar-refractivity contribution in [3.8, 4) is 0 Å². The SMILES string of the molecule is CC(C(=O)NC1CCCCC1CCl)c1ccccc1. The predicted molar refractivity (Wildman–Crippen MR) is 79.5 cm³/mol. The van der Waals surface area contributed by atoms with Crippen LogP contribution in [0.2, 0.25) is 0 Å². The zero-order valence-corrected chi connectivity index (χ0v) is 12.2. The van der Waals surface area contributed by atoms with Crippen molar-refractivity contribution in [3.05, 3.63) is 35.9 Å². The Morgan fingerprint density at radius 2 is 2.00 bits per heavy atom. The zero-order valence-electron chi connectivity index (χ0n) is 11.4. The Morgan fingerprint density at radius 3 is 2.68 bits per heavy atom. The summed E-state index contributed by atoms with van der Waals surface area (Å²) in [4.78, 5) is 12.3. The Bertz CT molecular complexity index is 406. The lowest BCUT2D eigenvalue weighted by Gasteiger charge is -2.31. The smallest absolute Gasteiger partial charge is 0.227 e. The van der Waals surface area contributed by atoms with Gasteiger partial charge in [-0.1, -0.05) is 43.2 Å². The number of benzene rings is 1. The minimum Gasteiger partial charge on any atom is -0.353 e. The number of nitrogens with one attached hydrogen (secondary N) is 1. The van der Waals surface area contributed by atoms with Gasteiger partial charge in [0.2, 0.25) is 5.91 Å². The highest BCUT2D eigenvalue weighted by Gasteiger charge is 2.27. The van der Waals surface area contributed by atoms with Crippen LogP contribution in [-0.4, -0.2) is 17.8 Å².